The van der Waals surface area contributed by atoms with Crippen molar-refractivity contribution in [3.05, 3.63) is 87.3 Å². The molecular weight excluding hydrogens is 416 g/mol. The van der Waals surface area contributed by atoms with Gasteiger partial charge >= 0.3 is 0 Å². The van der Waals surface area contributed by atoms with Gasteiger partial charge < -0.3 is 0 Å². The van der Waals surface area contributed by atoms with Gasteiger partial charge in [-0.3, -0.25) is 9.56 Å². The molecule has 0 bridgehead atoms. The molecule has 0 radical (unpaired) electrons. The average molecular weight is 443 g/mol. The van der Waals surface area contributed by atoms with Gasteiger partial charge in [0, 0.05) is 34.8 Å². The fourth-order valence-electron chi connectivity index (χ4n) is 4.16. The van der Waals surface area contributed by atoms with Gasteiger partial charge in [0.15, 0.2) is 5.82 Å². The van der Waals surface area contributed by atoms with Gasteiger partial charge in [0.25, 0.3) is 0 Å². The molecule has 1 aromatic carbocycles. The summed E-state index contributed by atoms with van der Waals surface area (Å²) in [6.45, 7) is 10.8. The smallest absolute Gasteiger partial charge is 0.163 e. The molecule has 0 spiro atoms. The largest absolute Gasteiger partial charge is 0.272 e. The Balaban J connectivity index is 1.73. The minimum atomic E-state index is -0.224. The lowest BCUT2D eigenvalue weighted by Gasteiger charge is -2.13. The van der Waals surface area contributed by atoms with Crippen LogP contribution < -0.4 is 0 Å². The number of aryl methyl sites for hydroxylation is 2. The highest BCUT2D eigenvalue weighted by molar-refractivity contribution is 7.15. The Morgan fingerprint density at radius 3 is 2.41 bits per heavy atom. The van der Waals surface area contributed by atoms with Crippen molar-refractivity contribution in [3.8, 4) is 5.00 Å². The zero-order valence-electron chi connectivity index (χ0n) is 19.0. The minimum absolute atomic E-state index is 0.224. The van der Waals surface area contributed by atoms with Crippen molar-refractivity contribution < 1.29 is 0 Å². The van der Waals surface area contributed by atoms with Gasteiger partial charge in [-0.25, -0.2) is 9.97 Å². The second kappa shape index (κ2) is 8.06. The molecule has 1 atom stereocenters. The predicted molar refractivity (Wildman–Crippen MR) is 128 cm³/mol. The summed E-state index contributed by atoms with van der Waals surface area (Å²) in [4.78, 5) is 15.5. The van der Waals surface area contributed by atoms with Crippen LogP contribution in [-0.2, 0) is 6.42 Å². The third-order valence-electron chi connectivity index (χ3n) is 6.09. The predicted octanol–water partition coefficient (Wildman–Crippen LogP) is 5.30. The van der Waals surface area contributed by atoms with Crippen LogP contribution in [0.4, 0.5) is 0 Å². The zero-order chi connectivity index (χ0) is 22.4. The van der Waals surface area contributed by atoms with E-state index in [9.17, 15) is 0 Å². The Kier molecular flexibility index (Phi) is 5.21. The average Bonchev–Trinajstić information content (AvgIpc) is 3.27. The summed E-state index contributed by atoms with van der Waals surface area (Å²) in [5, 5.41) is 10.1. The van der Waals surface area contributed by atoms with Gasteiger partial charge in [0.05, 0.1) is 5.71 Å². The minimum Gasteiger partial charge on any atom is -0.272 e. The van der Waals surface area contributed by atoms with E-state index < -0.39 is 0 Å². The summed E-state index contributed by atoms with van der Waals surface area (Å²) in [5.74, 6) is 2.95. The van der Waals surface area contributed by atoms with Crippen LogP contribution in [0, 0.1) is 20.8 Å². The fourth-order valence-corrected chi connectivity index (χ4v) is 5.37. The first-order valence-corrected chi connectivity index (χ1v) is 11.7. The Hall–Kier alpha value is -3.19. The van der Waals surface area contributed by atoms with Crippen molar-refractivity contribution in [2.45, 2.75) is 53.0 Å². The number of fused-ring (bicyclic) bond motifs is 3. The van der Waals surface area contributed by atoms with Gasteiger partial charge in [0.1, 0.15) is 22.7 Å². The van der Waals surface area contributed by atoms with Crippen molar-refractivity contribution in [1.82, 2.24) is 24.7 Å². The van der Waals surface area contributed by atoms with E-state index in [1.807, 2.05) is 13.0 Å². The number of rotatable bonds is 4. The van der Waals surface area contributed by atoms with E-state index >= 15 is 0 Å². The summed E-state index contributed by atoms with van der Waals surface area (Å²) >= 11 is 1.78. The van der Waals surface area contributed by atoms with Gasteiger partial charge in [-0.05, 0) is 43.9 Å². The molecule has 1 aliphatic heterocycles. The molecule has 4 aromatic rings. The van der Waals surface area contributed by atoms with Gasteiger partial charge in [0.2, 0.25) is 0 Å². The molecule has 5 rings (SSSR count). The van der Waals surface area contributed by atoms with Crippen molar-refractivity contribution in [2.75, 3.05) is 0 Å². The van der Waals surface area contributed by atoms with Crippen molar-refractivity contribution in [2.24, 2.45) is 4.99 Å². The number of benzene rings is 1. The Morgan fingerprint density at radius 1 is 1.00 bits per heavy atom. The molecule has 162 valence electrons. The second-order valence-electron chi connectivity index (χ2n) is 8.54. The lowest BCUT2D eigenvalue weighted by Crippen LogP contribution is -2.10. The Morgan fingerprint density at radius 2 is 1.72 bits per heavy atom. The first-order chi connectivity index (χ1) is 15.4. The molecule has 6 nitrogen and oxygen atoms in total. The van der Waals surface area contributed by atoms with Crippen LogP contribution in [0.2, 0.25) is 0 Å². The first-order valence-electron chi connectivity index (χ1n) is 10.9. The lowest BCUT2D eigenvalue weighted by atomic mass is 9.96. The van der Waals surface area contributed by atoms with Crippen LogP contribution in [0.15, 0.2) is 47.7 Å². The molecule has 3 aromatic heterocycles. The van der Waals surface area contributed by atoms with Crippen molar-refractivity contribution >= 4 is 17.0 Å². The van der Waals surface area contributed by atoms with E-state index in [0.717, 1.165) is 33.7 Å². The fraction of sp³-hybridized carbons (Fsp3) is 0.320. The molecule has 1 unspecified atom stereocenters. The lowest BCUT2D eigenvalue weighted by molar-refractivity contribution is 0.635. The van der Waals surface area contributed by atoms with Crippen LogP contribution in [0.25, 0.3) is 5.00 Å². The van der Waals surface area contributed by atoms with E-state index in [2.05, 4.69) is 76.7 Å². The molecule has 0 saturated heterocycles. The van der Waals surface area contributed by atoms with E-state index in [0.29, 0.717) is 12.3 Å². The van der Waals surface area contributed by atoms with Crippen molar-refractivity contribution in [1.29, 1.82) is 0 Å². The Bertz CT molecular complexity index is 1300. The highest BCUT2D eigenvalue weighted by Gasteiger charge is 2.31. The molecule has 32 heavy (non-hydrogen) atoms. The Labute approximate surface area is 192 Å². The first kappa shape index (κ1) is 20.7. The number of hydrogen-bond acceptors (Lipinski definition) is 6. The molecule has 0 saturated carbocycles. The number of nitrogens with zero attached hydrogens (tertiary/aromatic N) is 6. The SMILES string of the molecule is Cc1sc2c(c1C)C(c1ccc(C(C)C)cc1)=NC(Cc1ncccn1)c1nnc(C)n1-2. The second-order valence-corrected chi connectivity index (χ2v) is 9.75. The van der Waals surface area contributed by atoms with Crippen LogP contribution in [0.1, 0.15) is 70.4 Å². The maximum atomic E-state index is 5.31. The van der Waals surface area contributed by atoms with Gasteiger partial charge in [-0.15, -0.1) is 21.5 Å². The topological polar surface area (TPSA) is 68.8 Å². The summed E-state index contributed by atoms with van der Waals surface area (Å²) in [7, 11) is 0. The number of hydrogen-bond donors (Lipinski definition) is 0. The third-order valence-corrected chi connectivity index (χ3v) is 7.28. The molecule has 4 heterocycles. The standard InChI is InChI=1S/C25H26N6S/c1-14(2)18-7-9-19(10-8-18)23-22-15(3)16(4)32-25(22)31-17(5)29-30-24(31)20(28-23)13-21-26-11-6-12-27-21/h6-12,14,20H,13H2,1-5H3. The maximum absolute atomic E-state index is 5.31. The number of aliphatic imine (C=N–C) groups is 1. The van der Waals surface area contributed by atoms with E-state index in [-0.39, 0.29) is 6.04 Å². The molecular formula is C25H26N6S. The molecule has 0 fully saturated rings. The summed E-state index contributed by atoms with van der Waals surface area (Å²) in [6, 6.07) is 10.4. The summed E-state index contributed by atoms with van der Waals surface area (Å²) in [5.41, 5.74) is 5.87. The van der Waals surface area contributed by atoms with E-state index in [1.165, 1.54) is 21.6 Å². The van der Waals surface area contributed by atoms with Crippen LogP contribution in [0.5, 0.6) is 0 Å². The van der Waals surface area contributed by atoms with E-state index in [4.69, 9.17) is 4.99 Å². The summed E-state index contributed by atoms with van der Waals surface area (Å²) in [6.07, 6.45) is 4.11. The van der Waals surface area contributed by atoms with Crippen molar-refractivity contribution in [3.63, 3.8) is 0 Å². The van der Waals surface area contributed by atoms with Crippen LogP contribution in [0.3, 0.4) is 0 Å². The molecule has 1 aliphatic rings. The third kappa shape index (κ3) is 3.46. The van der Waals surface area contributed by atoms with Gasteiger partial charge in [-0.1, -0.05) is 38.1 Å². The molecule has 7 heteroatoms. The quantitative estimate of drug-likeness (QED) is 0.430. The highest BCUT2D eigenvalue weighted by Crippen LogP contribution is 2.39. The van der Waals surface area contributed by atoms with Crippen LogP contribution >= 0.6 is 11.3 Å². The number of thiophene rings is 1. The summed E-state index contributed by atoms with van der Waals surface area (Å²) < 4.78 is 2.17. The maximum Gasteiger partial charge on any atom is 0.163 e. The normalized spacial score (nSPS) is 15.3. The molecule has 0 aliphatic carbocycles. The molecule has 0 N–H and O–H groups in total. The molecule has 0 amide bonds. The van der Waals surface area contributed by atoms with E-state index in [1.54, 1.807) is 23.7 Å². The monoisotopic (exact) mass is 442 g/mol. The van der Waals surface area contributed by atoms with Crippen LogP contribution in [-0.4, -0.2) is 30.4 Å². The highest BCUT2D eigenvalue weighted by atomic mass is 32.1. The van der Waals surface area contributed by atoms with Gasteiger partial charge in [-0.2, -0.15) is 0 Å². The zero-order valence-corrected chi connectivity index (χ0v) is 19.8. The number of aromatic nitrogens is 5.